The average molecular weight is 374 g/mol. The van der Waals surface area contributed by atoms with Crippen molar-refractivity contribution in [1.82, 2.24) is 0 Å². The van der Waals surface area contributed by atoms with Gasteiger partial charge in [-0.25, -0.2) is 0 Å². The molecule has 2 nitrogen and oxygen atoms in total. The Labute approximate surface area is 125 Å². The van der Waals surface area contributed by atoms with Gasteiger partial charge in [0.05, 0.1) is 0 Å². The summed E-state index contributed by atoms with van der Waals surface area (Å²) in [5, 5.41) is -0.502. The molecule has 0 saturated heterocycles. The lowest BCUT2D eigenvalue weighted by molar-refractivity contribution is -0.132. The van der Waals surface area contributed by atoms with Gasteiger partial charge in [0.2, 0.25) is 0 Å². The van der Waals surface area contributed by atoms with Gasteiger partial charge in [-0.15, -0.1) is 11.8 Å². The van der Waals surface area contributed by atoms with E-state index >= 15 is 0 Å². The fourth-order valence-electron chi connectivity index (χ4n) is 2.15. The lowest BCUT2D eigenvalue weighted by Gasteiger charge is -2.31. The molecule has 1 saturated carbocycles. The van der Waals surface area contributed by atoms with Crippen molar-refractivity contribution in [2.75, 3.05) is 0 Å². The molecule has 0 heterocycles. The Bertz CT molecular complexity index is 459. The van der Waals surface area contributed by atoms with Crippen molar-refractivity contribution in [3.05, 3.63) is 27.8 Å². The molecular weight excluding hydrogens is 359 g/mol. The molecule has 1 aliphatic rings. The standard InChI is InChI=1S/C14H15IO2S/c1-14(2)7-11(16)13(12(17)8-14)18-10-5-3-9(15)4-6-10/h3-6,13H,7-8H2,1-2H3. The SMILES string of the molecule is CC1(C)CC(=O)C(Sc2ccc(I)cc2)C(=O)C1. The maximum Gasteiger partial charge on any atom is 0.154 e. The van der Waals surface area contributed by atoms with Crippen molar-refractivity contribution in [3.63, 3.8) is 0 Å². The summed E-state index contributed by atoms with van der Waals surface area (Å²) in [6, 6.07) is 7.91. The summed E-state index contributed by atoms with van der Waals surface area (Å²) in [6.07, 6.45) is 1.00. The van der Waals surface area contributed by atoms with Crippen LogP contribution in [0.3, 0.4) is 0 Å². The second kappa shape index (κ2) is 5.33. The van der Waals surface area contributed by atoms with Gasteiger partial charge in [-0.3, -0.25) is 9.59 Å². The third kappa shape index (κ3) is 3.35. The van der Waals surface area contributed by atoms with Crippen molar-refractivity contribution in [1.29, 1.82) is 0 Å². The first kappa shape index (κ1) is 14.1. The van der Waals surface area contributed by atoms with Crippen LogP contribution in [-0.4, -0.2) is 16.8 Å². The van der Waals surface area contributed by atoms with Crippen molar-refractivity contribution >= 4 is 45.9 Å². The fraction of sp³-hybridized carbons (Fsp3) is 0.429. The normalized spacial score (nSPS) is 20.2. The van der Waals surface area contributed by atoms with Crippen molar-refractivity contribution in [2.45, 2.75) is 36.8 Å². The Morgan fingerprint density at radius 1 is 1.11 bits per heavy atom. The van der Waals surface area contributed by atoms with Gasteiger partial charge in [0.25, 0.3) is 0 Å². The number of rotatable bonds is 2. The minimum atomic E-state index is -0.502. The minimum absolute atomic E-state index is 0.0693. The van der Waals surface area contributed by atoms with Crippen molar-refractivity contribution < 1.29 is 9.59 Å². The van der Waals surface area contributed by atoms with E-state index in [2.05, 4.69) is 22.6 Å². The molecule has 18 heavy (non-hydrogen) atoms. The zero-order valence-electron chi connectivity index (χ0n) is 10.4. The second-order valence-corrected chi connectivity index (χ2v) is 7.83. The number of hydrogen-bond donors (Lipinski definition) is 0. The number of carbonyl (C=O) groups is 2. The first-order chi connectivity index (χ1) is 8.37. The summed E-state index contributed by atoms with van der Waals surface area (Å²) < 4.78 is 1.15. The summed E-state index contributed by atoms with van der Waals surface area (Å²) in [5.41, 5.74) is -0.169. The minimum Gasteiger partial charge on any atom is -0.298 e. The van der Waals surface area contributed by atoms with E-state index in [1.165, 1.54) is 11.8 Å². The maximum absolute atomic E-state index is 12.0. The third-order valence-corrected chi connectivity index (χ3v) is 4.98. The van der Waals surface area contributed by atoms with Crippen LogP contribution in [-0.2, 0) is 9.59 Å². The Hall–Kier alpha value is -0.360. The topological polar surface area (TPSA) is 34.1 Å². The number of ketones is 2. The number of hydrogen-bond acceptors (Lipinski definition) is 3. The first-order valence-electron chi connectivity index (χ1n) is 5.85. The van der Waals surface area contributed by atoms with Crippen LogP contribution in [0.25, 0.3) is 0 Å². The number of benzene rings is 1. The molecule has 0 aromatic heterocycles. The monoisotopic (exact) mass is 374 g/mol. The van der Waals surface area contributed by atoms with Crippen LogP contribution in [0.15, 0.2) is 29.2 Å². The van der Waals surface area contributed by atoms with Gasteiger partial charge in [-0.05, 0) is 52.3 Å². The zero-order chi connectivity index (χ0) is 13.3. The summed E-state index contributed by atoms with van der Waals surface area (Å²) >= 11 is 3.62. The van der Waals surface area contributed by atoms with Crippen LogP contribution in [0.2, 0.25) is 0 Å². The van der Waals surface area contributed by atoms with Crippen molar-refractivity contribution in [2.24, 2.45) is 5.41 Å². The summed E-state index contributed by atoms with van der Waals surface area (Å²) in [6.45, 7) is 3.96. The van der Waals surface area contributed by atoms with Gasteiger partial charge >= 0.3 is 0 Å². The largest absolute Gasteiger partial charge is 0.298 e. The number of Topliss-reactive ketones (excluding diaryl/α,β-unsaturated/α-hetero) is 2. The number of carbonyl (C=O) groups excluding carboxylic acids is 2. The van der Waals surface area contributed by atoms with Crippen LogP contribution in [0, 0.1) is 8.99 Å². The fourth-order valence-corrected chi connectivity index (χ4v) is 3.51. The van der Waals surface area contributed by atoms with Gasteiger partial charge in [0.15, 0.2) is 11.6 Å². The molecule has 1 aliphatic carbocycles. The number of halogens is 1. The third-order valence-electron chi connectivity index (χ3n) is 2.96. The highest BCUT2D eigenvalue weighted by Gasteiger charge is 2.39. The van der Waals surface area contributed by atoms with Gasteiger partial charge in [-0.2, -0.15) is 0 Å². The summed E-state index contributed by atoms with van der Waals surface area (Å²) in [7, 11) is 0. The quantitative estimate of drug-likeness (QED) is 0.585. The second-order valence-electron chi connectivity index (χ2n) is 5.40. The molecule has 4 heteroatoms. The molecule has 96 valence electrons. The van der Waals surface area contributed by atoms with Crippen molar-refractivity contribution in [3.8, 4) is 0 Å². The first-order valence-corrected chi connectivity index (χ1v) is 7.81. The van der Waals surface area contributed by atoms with Crippen LogP contribution in [0.1, 0.15) is 26.7 Å². The van der Waals surface area contributed by atoms with Crippen LogP contribution >= 0.6 is 34.4 Å². The van der Waals surface area contributed by atoms with Gasteiger partial charge < -0.3 is 0 Å². The molecule has 2 rings (SSSR count). The Balaban J connectivity index is 2.12. The molecule has 1 aromatic rings. The summed E-state index contributed by atoms with van der Waals surface area (Å²) in [5.74, 6) is 0.139. The van der Waals surface area contributed by atoms with E-state index in [0.717, 1.165) is 8.47 Å². The van der Waals surface area contributed by atoms with E-state index in [9.17, 15) is 9.59 Å². The molecule has 0 N–H and O–H groups in total. The Morgan fingerprint density at radius 3 is 2.11 bits per heavy atom. The van der Waals surface area contributed by atoms with E-state index in [4.69, 9.17) is 0 Å². The highest BCUT2D eigenvalue weighted by molar-refractivity contribution is 14.1. The molecule has 0 aliphatic heterocycles. The highest BCUT2D eigenvalue weighted by atomic mass is 127. The Kier molecular flexibility index (Phi) is 4.16. The van der Waals surface area contributed by atoms with Crippen LogP contribution in [0.5, 0.6) is 0 Å². The molecule has 0 unspecified atom stereocenters. The lowest BCUT2D eigenvalue weighted by Crippen LogP contribution is -2.39. The smallest absolute Gasteiger partial charge is 0.154 e. The van der Waals surface area contributed by atoms with E-state index in [0.29, 0.717) is 12.8 Å². The number of thioether (sulfide) groups is 1. The van der Waals surface area contributed by atoms with E-state index in [-0.39, 0.29) is 17.0 Å². The molecule has 0 radical (unpaired) electrons. The van der Waals surface area contributed by atoms with Gasteiger partial charge in [-0.1, -0.05) is 13.8 Å². The molecule has 1 aromatic carbocycles. The van der Waals surface area contributed by atoms with E-state index in [1.54, 1.807) is 0 Å². The molecule has 0 bridgehead atoms. The van der Waals surface area contributed by atoms with E-state index in [1.807, 2.05) is 38.1 Å². The highest BCUT2D eigenvalue weighted by Crippen LogP contribution is 2.37. The molecule has 0 spiro atoms. The average Bonchev–Trinajstić information content (AvgIpc) is 2.24. The van der Waals surface area contributed by atoms with E-state index < -0.39 is 5.25 Å². The molecule has 1 fully saturated rings. The van der Waals surface area contributed by atoms with Gasteiger partial charge in [0, 0.05) is 21.3 Å². The van der Waals surface area contributed by atoms with Crippen LogP contribution < -0.4 is 0 Å². The van der Waals surface area contributed by atoms with Gasteiger partial charge in [0.1, 0.15) is 5.25 Å². The summed E-state index contributed by atoms with van der Waals surface area (Å²) in [4.78, 5) is 25.1. The Morgan fingerprint density at radius 2 is 1.61 bits per heavy atom. The molecular formula is C14H15IO2S. The zero-order valence-corrected chi connectivity index (χ0v) is 13.4. The lowest BCUT2D eigenvalue weighted by atomic mass is 9.76. The predicted octanol–water partition coefficient (Wildman–Crippen LogP) is 3.71. The maximum atomic E-state index is 12.0. The molecule has 0 atom stereocenters. The van der Waals surface area contributed by atoms with Crippen LogP contribution in [0.4, 0.5) is 0 Å². The molecule has 0 amide bonds. The predicted molar refractivity (Wildman–Crippen MR) is 81.8 cm³/mol.